The third kappa shape index (κ3) is 5.01. The van der Waals surface area contributed by atoms with Gasteiger partial charge in [0.2, 0.25) is 0 Å². The zero-order chi connectivity index (χ0) is 14.9. The number of nitrogens with one attached hydrogen (secondary N) is 1. The zero-order valence-electron chi connectivity index (χ0n) is 13.2. The molecular formula is C15H29NO3. The van der Waals surface area contributed by atoms with Crippen LogP contribution in [0.25, 0.3) is 0 Å². The summed E-state index contributed by atoms with van der Waals surface area (Å²) < 4.78 is 5.31. The zero-order valence-corrected chi connectivity index (χ0v) is 13.2. The van der Waals surface area contributed by atoms with Gasteiger partial charge < -0.3 is 15.2 Å². The summed E-state index contributed by atoms with van der Waals surface area (Å²) in [5.74, 6) is 0.478. The van der Waals surface area contributed by atoms with E-state index in [0.717, 1.165) is 19.3 Å². The van der Waals surface area contributed by atoms with Crippen LogP contribution in [0.3, 0.4) is 0 Å². The van der Waals surface area contributed by atoms with Crippen LogP contribution >= 0.6 is 0 Å². The first-order chi connectivity index (χ1) is 8.47. The molecule has 0 bridgehead atoms. The average molecular weight is 271 g/mol. The number of amides is 1. The molecule has 0 aliphatic heterocycles. The van der Waals surface area contributed by atoms with Crippen molar-refractivity contribution in [3.8, 4) is 0 Å². The van der Waals surface area contributed by atoms with E-state index in [2.05, 4.69) is 26.1 Å². The van der Waals surface area contributed by atoms with E-state index in [1.165, 1.54) is 0 Å². The maximum Gasteiger partial charge on any atom is 0.408 e. The van der Waals surface area contributed by atoms with Gasteiger partial charge in [0.05, 0.1) is 12.1 Å². The Morgan fingerprint density at radius 2 is 1.95 bits per heavy atom. The molecule has 0 heterocycles. The molecule has 0 aromatic heterocycles. The van der Waals surface area contributed by atoms with E-state index in [9.17, 15) is 9.90 Å². The summed E-state index contributed by atoms with van der Waals surface area (Å²) in [5, 5.41) is 12.7. The highest BCUT2D eigenvalue weighted by Gasteiger charge is 2.44. The lowest BCUT2D eigenvalue weighted by molar-refractivity contribution is 0.0106. The first-order valence-corrected chi connectivity index (χ1v) is 7.09. The Morgan fingerprint density at radius 3 is 2.37 bits per heavy atom. The summed E-state index contributed by atoms with van der Waals surface area (Å²) >= 11 is 0. The molecule has 0 aromatic rings. The van der Waals surface area contributed by atoms with Crippen LogP contribution in [-0.4, -0.2) is 28.9 Å². The van der Waals surface area contributed by atoms with Crippen molar-refractivity contribution in [3.63, 3.8) is 0 Å². The first-order valence-electron chi connectivity index (χ1n) is 7.09. The highest BCUT2D eigenvalue weighted by atomic mass is 16.6. The topological polar surface area (TPSA) is 58.6 Å². The van der Waals surface area contributed by atoms with E-state index < -0.39 is 17.2 Å². The second kappa shape index (κ2) is 5.31. The molecule has 2 atom stereocenters. The van der Waals surface area contributed by atoms with Gasteiger partial charge in [-0.05, 0) is 51.4 Å². The predicted molar refractivity (Wildman–Crippen MR) is 76.0 cm³/mol. The minimum absolute atomic E-state index is 0.0417. The Labute approximate surface area is 116 Å². The van der Waals surface area contributed by atoms with Gasteiger partial charge in [-0.2, -0.15) is 0 Å². The molecule has 1 saturated carbocycles. The Kier molecular flexibility index (Phi) is 4.55. The molecule has 4 nitrogen and oxygen atoms in total. The first kappa shape index (κ1) is 16.3. The van der Waals surface area contributed by atoms with Gasteiger partial charge >= 0.3 is 6.09 Å². The van der Waals surface area contributed by atoms with E-state index in [4.69, 9.17) is 4.74 Å². The van der Waals surface area contributed by atoms with Crippen LogP contribution in [0, 0.1) is 11.3 Å². The Hall–Kier alpha value is -0.770. The van der Waals surface area contributed by atoms with Crippen LogP contribution in [0.5, 0.6) is 0 Å². The quantitative estimate of drug-likeness (QED) is 0.811. The average Bonchev–Trinajstić information content (AvgIpc) is 2.10. The fourth-order valence-corrected chi connectivity index (χ4v) is 3.52. The number of ether oxygens (including phenoxy) is 1. The molecule has 0 spiro atoms. The normalized spacial score (nSPS) is 30.8. The Balaban J connectivity index is 2.78. The SMILES string of the molecule is CC1CC(C)(C)CC(CO)(NC(=O)OC(C)(C)C)C1. The summed E-state index contributed by atoms with van der Waals surface area (Å²) in [7, 11) is 0. The lowest BCUT2D eigenvalue weighted by atomic mass is 9.64. The van der Waals surface area contributed by atoms with E-state index >= 15 is 0 Å². The number of aliphatic hydroxyl groups excluding tert-OH is 1. The summed E-state index contributed by atoms with van der Waals surface area (Å²) in [5.41, 5.74) is -0.949. The fraction of sp³-hybridized carbons (Fsp3) is 0.933. The van der Waals surface area contributed by atoms with Crippen molar-refractivity contribution in [1.82, 2.24) is 5.32 Å². The minimum Gasteiger partial charge on any atom is -0.444 e. The monoisotopic (exact) mass is 271 g/mol. The Morgan fingerprint density at radius 1 is 1.37 bits per heavy atom. The summed E-state index contributed by atoms with van der Waals surface area (Å²) in [6.07, 6.45) is 2.25. The number of alkyl carbamates (subject to hydrolysis) is 1. The minimum atomic E-state index is -0.552. The van der Waals surface area contributed by atoms with Gasteiger partial charge in [-0.1, -0.05) is 20.8 Å². The number of carbonyl (C=O) groups excluding carboxylic acids is 1. The maximum absolute atomic E-state index is 12.0. The van der Waals surface area contributed by atoms with Gasteiger partial charge in [-0.25, -0.2) is 4.79 Å². The summed E-state index contributed by atoms with van der Waals surface area (Å²) in [6.45, 7) is 12.0. The van der Waals surface area contributed by atoms with Crippen LogP contribution in [0.2, 0.25) is 0 Å². The number of rotatable bonds is 2. The molecule has 1 amide bonds. The van der Waals surface area contributed by atoms with Crippen molar-refractivity contribution in [2.24, 2.45) is 11.3 Å². The molecule has 1 rings (SSSR count). The molecule has 0 saturated heterocycles. The van der Waals surface area contributed by atoms with Gasteiger partial charge in [0.1, 0.15) is 5.60 Å². The predicted octanol–water partition coefficient (Wildman–Crippen LogP) is 3.09. The van der Waals surface area contributed by atoms with Crippen molar-refractivity contribution in [3.05, 3.63) is 0 Å². The standard InChI is InChI=1S/C15H29NO3/c1-11-7-14(5,6)9-15(8-11,10-17)16-12(18)19-13(2,3)4/h11,17H,7-10H2,1-6H3,(H,16,18). The second-order valence-corrected chi connectivity index (χ2v) is 7.92. The summed E-state index contributed by atoms with van der Waals surface area (Å²) in [6, 6.07) is 0. The van der Waals surface area contributed by atoms with Crippen molar-refractivity contribution in [2.75, 3.05) is 6.61 Å². The lowest BCUT2D eigenvalue weighted by Crippen LogP contribution is -2.57. The van der Waals surface area contributed by atoms with Crippen molar-refractivity contribution in [2.45, 2.75) is 71.9 Å². The molecule has 2 N–H and O–H groups in total. The van der Waals surface area contributed by atoms with Crippen LogP contribution in [0.4, 0.5) is 4.79 Å². The molecule has 4 heteroatoms. The highest BCUT2D eigenvalue weighted by molar-refractivity contribution is 5.68. The van der Waals surface area contributed by atoms with Crippen LogP contribution < -0.4 is 5.32 Å². The van der Waals surface area contributed by atoms with Crippen LogP contribution in [0.15, 0.2) is 0 Å². The number of carbonyl (C=O) groups is 1. The third-order valence-corrected chi connectivity index (χ3v) is 3.53. The smallest absolute Gasteiger partial charge is 0.408 e. The Bertz CT molecular complexity index is 333. The van der Waals surface area contributed by atoms with E-state index in [1.807, 2.05) is 20.8 Å². The molecule has 1 aliphatic carbocycles. The third-order valence-electron chi connectivity index (χ3n) is 3.53. The van der Waals surface area contributed by atoms with E-state index in [0.29, 0.717) is 5.92 Å². The molecule has 112 valence electrons. The van der Waals surface area contributed by atoms with Crippen molar-refractivity contribution < 1.29 is 14.6 Å². The lowest BCUT2D eigenvalue weighted by Gasteiger charge is -2.47. The van der Waals surface area contributed by atoms with Gasteiger partial charge in [-0.3, -0.25) is 0 Å². The highest BCUT2D eigenvalue weighted by Crippen LogP contribution is 2.43. The summed E-state index contributed by atoms with van der Waals surface area (Å²) in [4.78, 5) is 12.0. The second-order valence-electron chi connectivity index (χ2n) is 7.92. The molecule has 0 radical (unpaired) electrons. The molecular weight excluding hydrogens is 242 g/mol. The number of hydrogen-bond donors (Lipinski definition) is 2. The van der Waals surface area contributed by atoms with E-state index in [-0.39, 0.29) is 12.0 Å². The van der Waals surface area contributed by atoms with Crippen LogP contribution in [-0.2, 0) is 4.74 Å². The largest absolute Gasteiger partial charge is 0.444 e. The van der Waals surface area contributed by atoms with E-state index in [1.54, 1.807) is 0 Å². The molecule has 19 heavy (non-hydrogen) atoms. The molecule has 2 unspecified atom stereocenters. The fourth-order valence-electron chi connectivity index (χ4n) is 3.52. The molecule has 0 aromatic carbocycles. The van der Waals surface area contributed by atoms with Crippen molar-refractivity contribution >= 4 is 6.09 Å². The van der Waals surface area contributed by atoms with Gasteiger partial charge in [-0.15, -0.1) is 0 Å². The van der Waals surface area contributed by atoms with Gasteiger partial charge in [0.25, 0.3) is 0 Å². The van der Waals surface area contributed by atoms with Gasteiger partial charge in [0.15, 0.2) is 0 Å². The van der Waals surface area contributed by atoms with Crippen LogP contribution in [0.1, 0.15) is 60.8 Å². The number of hydrogen-bond acceptors (Lipinski definition) is 3. The maximum atomic E-state index is 12.0. The molecule has 1 aliphatic rings. The number of aliphatic hydroxyl groups is 1. The molecule has 1 fully saturated rings. The van der Waals surface area contributed by atoms with Gasteiger partial charge in [0, 0.05) is 0 Å². The van der Waals surface area contributed by atoms with Crippen molar-refractivity contribution in [1.29, 1.82) is 0 Å².